The van der Waals surface area contributed by atoms with Gasteiger partial charge in [0, 0.05) is 33.3 Å². The molecule has 1 unspecified atom stereocenters. The lowest BCUT2D eigenvalue weighted by molar-refractivity contribution is -0.377. The Bertz CT molecular complexity index is 975. The number of carbonyl (C=O) groups excluding carboxylic acids is 1. The van der Waals surface area contributed by atoms with Crippen LogP contribution >= 0.6 is 23.2 Å². The number of hydrogen-bond donors (Lipinski definition) is 1. The molecule has 0 spiro atoms. The minimum absolute atomic E-state index is 0. The van der Waals surface area contributed by atoms with Crippen LogP contribution in [0.15, 0.2) is 65.8 Å². The number of aromatic amines is 1. The molecule has 138 valence electrons. The first-order valence-electron chi connectivity index (χ1n) is 7.70. The lowest BCUT2D eigenvalue weighted by Gasteiger charge is -2.14. The van der Waals surface area contributed by atoms with Crippen LogP contribution in [0.5, 0.6) is 0 Å². The maximum absolute atomic E-state index is 12.2. The molecule has 0 fully saturated rings. The van der Waals surface area contributed by atoms with Gasteiger partial charge in [0.2, 0.25) is 11.6 Å². The number of nitrogens with zero attached hydrogens (tertiary/aromatic N) is 1. The van der Waals surface area contributed by atoms with Gasteiger partial charge in [0.1, 0.15) is 11.6 Å². The largest absolute Gasteiger partial charge is 0.870 e. The normalized spacial score (nSPS) is 11.3. The molecule has 0 bridgehead atoms. The van der Waals surface area contributed by atoms with Crippen LogP contribution in [0.1, 0.15) is 17.2 Å². The van der Waals surface area contributed by atoms with E-state index in [2.05, 4.69) is 10.2 Å². The number of carbonyl (C=O) groups is 1. The Morgan fingerprint density at radius 2 is 1.63 bits per heavy atom. The number of nitroso groups, excluding NO2 is 1. The van der Waals surface area contributed by atoms with Crippen LogP contribution in [-0.4, -0.2) is 11.4 Å². The molecule has 0 radical (unpaired) electrons. The van der Waals surface area contributed by atoms with Gasteiger partial charge in [-0.3, -0.25) is 4.79 Å². The third-order valence-corrected chi connectivity index (χ3v) is 4.62. The van der Waals surface area contributed by atoms with Crippen LogP contribution in [0.2, 0.25) is 10.0 Å². The first kappa shape index (κ1) is 20.5. The number of H-pyrrole nitrogens is 1. The van der Waals surface area contributed by atoms with Crippen LogP contribution < -0.4 is 10.7 Å². The average molecular weight is 404 g/mol. The number of nitrogens with two attached hydrogens (primary N) is 1. The Balaban J connectivity index is 0.00000261. The van der Waals surface area contributed by atoms with Crippen molar-refractivity contribution in [1.82, 2.24) is 0 Å². The van der Waals surface area contributed by atoms with Gasteiger partial charge in [0.15, 0.2) is 5.69 Å². The summed E-state index contributed by atoms with van der Waals surface area (Å²) in [7, 11) is 0. The molecule has 1 heterocycles. The van der Waals surface area contributed by atoms with E-state index in [1.807, 2.05) is 12.1 Å². The number of benzene rings is 2. The van der Waals surface area contributed by atoms with Gasteiger partial charge in [-0.1, -0.05) is 35.3 Å². The number of hydrogen-bond acceptors (Lipinski definition) is 4. The zero-order chi connectivity index (χ0) is 18.7. The topological polar surface area (TPSA) is 117 Å². The van der Waals surface area contributed by atoms with Gasteiger partial charge in [-0.2, -0.15) is 0 Å². The molecule has 0 aliphatic carbocycles. The molecular weight excluding hydrogens is 389 g/mol. The molecule has 27 heavy (non-hydrogen) atoms. The summed E-state index contributed by atoms with van der Waals surface area (Å²) in [6.45, 7) is 0. The number of pyridine rings is 1. The summed E-state index contributed by atoms with van der Waals surface area (Å²) >= 11 is 12.5. The predicted octanol–water partition coefficient (Wildman–Crippen LogP) is 4.31. The maximum atomic E-state index is 12.2. The van der Waals surface area contributed by atoms with Crippen LogP contribution in [0, 0.1) is 4.91 Å². The molecule has 1 atom stereocenters. The fourth-order valence-corrected chi connectivity index (χ4v) is 3.41. The molecule has 1 aromatic heterocycles. The molecule has 4 N–H and O–H groups in total. The van der Waals surface area contributed by atoms with E-state index < -0.39 is 11.8 Å². The van der Waals surface area contributed by atoms with Gasteiger partial charge in [-0.15, -0.1) is 4.91 Å². The Labute approximate surface area is 165 Å². The lowest BCUT2D eigenvalue weighted by Crippen LogP contribution is -2.29. The molecule has 0 saturated heterocycles. The van der Waals surface area contributed by atoms with Crippen molar-refractivity contribution < 1.29 is 15.3 Å². The number of primary amides is 1. The zero-order valence-electron chi connectivity index (χ0n) is 13.9. The van der Waals surface area contributed by atoms with Crippen molar-refractivity contribution in [3.63, 3.8) is 0 Å². The second-order valence-corrected chi connectivity index (χ2v) is 6.45. The first-order valence-corrected chi connectivity index (χ1v) is 8.46. The minimum atomic E-state index is -0.844. The van der Waals surface area contributed by atoms with Gasteiger partial charge >= 0.3 is 0 Å². The summed E-state index contributed by atoms with van der Waals surface area (Å²) in [6.07, 6.45) is 0. The van der Waals surface area contributed by atoms with Crippen molar-refractivity contribution in [2.24, 2.45) is 10.9 Å². The van der Waals surface area contributed by atoms with E-state index in [1.54, 1.807) is 48.5 Å². The van der Waals surface area contributed by atoms with Gasteiger partial charge in [-0.25, -0.2) is 4.98 Å². The molecular formula is C19H15Cl2N3O3. The Kier molecular flexibility index (Phi) is 6.63. The van der Waals surface area contributed by atoms with Crippen molar-refractivity contribution in [2.75, 3.05) is 0 Å². The van der Waals surface area contributed by atoms with Crippen molar-refractivity contribution in [2.45, 2.75) is 5.92 Å². The van der Waals surface area contributed by atoms with Gasteiger partial charge in [-0.05, 0) is 41.6 Å². The average Bonchev–Trinajstić information content (AvgIpc) is 2.64. The molecule has 3 rings (SSSR count). The fourth-order valence-electron chi connectivity index (χ4n) is 2.79. The maximum Gasteiger partial charge on any atom is 0.235 e. The minimum Gasteiger partial charge on any atom is -0.870 e. The molecule has 0 aliphatic rings. The lowest BCUT2D eigenvalue weighted by atomic mass is 9.93. The van der Waals surface area contributed by atoms with Gasteiger partial charge < -0.3 is 11.2 Å². The van der Waals surface area contributed by atoms with E-state index in [0.29, 0.717) is 32.7 Å². The highest BCUT2D eigenvalue weighted by molar-refractivity contribution is 6.36. The number of rotatable bonds is 5. The summed E-state index contributed by atoms with van der Waals surface area (Å²) < 4.78 is 0. The van der Waals surface area contributed by atoms with Crippen LogP contribution in [-0.2, 0) is 4.79 Å². The molecule has 8 heteroatoms. The summed E-state index contributed by atoms with van der Waals surface area (Å²) in [6, 6.07) is 17.1. The third kappa shape index (κ3) is 4.31. The smallest absolute Gasteiger partial charge is 0.235 e. The van der Waals surface area contributed by atoms with E-state index in [1.165, 1.54) is 0 Å². The summed E-state index contributed by atoms with van der Waals surface area (Å²) in [5.74, 6) is -1.43. The van der Waals surface area contributed by atoms with Gasteiger partial charge in [0.05, 0.1) is 0 Å². The molecule has 2 aromatic carbocycles. The van der Waals surface area contributed by atoms with E-state index in [4.69, 9.17) is 28.9 Å². The summed E-state index contributed by atoms with van der Waals surface area (Å²) in [5.41, 5.74) is 8.37. The van der Waals surface area contributed by atoms with Crippen LogP contribution in [0.25, 0.3) is 11.3 Å². The zero-order valence-corrected chi connectivity index (χ0v) is 15.4. The highest BCUT2D eigenvalue weighted by atomic mass is 35.5. The monoisotopic (exact) mass is 403 g/mol. The second-order valence-electron chi connectivity index (χ2n) is 5.63. The van der Waals surface area contributed by atoms with Crippen molar-refractivity contribution in [3.8, 4) is 11.3 Å². The Morgan fingerprint density at radius 3 is 2.26 bits per heavy atom. The van der Waals surface area contributed by atoms with Crippen LogP contribution in [0.4, 0.5) is 5.69 Å². The fraction of sp³-hybridized carbons (Fsp3) is 0.0526. The standard InChI is InChI=1S/C19H13Cl2N3O2.H2O/c20-13-6-2-7-14(21)17(13)18(19(22)25)16-9-3-8-15(23-16)11-4-1-5-12(10-11)24-26;/h1-10,18H,(H2,22,25);1H2. The quantitative estimate of drug-likeness (QED) is 0.639. The van der Waals surface area contributed by atoms with Crippen molar-refractivity contribution >= 4 is 34.8 Å². The molecule has 0 saturated carbocycles. The number of nitrogens with one attached hydrogen (secondary N) is 1. The SMILES string of the molecule is NC(=O)C(c1cccc(-c2cccc(N=O)c2)[nH+]1)c1c(Cl)cccc1Cl.[OH-]. The third-order valence-electron chi connectivity index (χ3n) is 3.96. The molecule has 6 nitrogen and oxygen atoms in total. The molecule has 3 aromatic rings. The predicted molar refractivity (Wildman–Crippen MR) is 103 cm³/mol. The van der Waals surface area contributed by atoms with Gasteiger partial charge in [0.25, 0.3) is 0 Å². The Hall–Kier alpha value is -2.80. The van der Waals surface area contributed by atoms with E-state index in [9.17, 15) is 9.70 Å². The number of amides is 1. The number of halogens is 2. The highest BCUT2D eigenvalue weighted by Gasteiger charge is 2.30. The van der Waals surface area contributed by atoms with Crippen molar-refractivity contribution in [3.05, 3.63) is 86.9 Å². The highest BCUT2D eigenvalue weighted by Crippen LogP contribution is 2.34. The second kappa shape index (κ2) is 8.73. The summed E-state index contributed by atoms with van der Waals surface area (Å²) in [4.78, 5) is 26.1. The van der Waals surface area contributed by atoms with Crippen molar-refractivity contribution in [1.29, 1.82) is 0 Å². The molecule has 0 aliphatic heterocycles. The van der Waals surface area contributed by atoms with E-state index >= 15 is 0 Å². The molecule has 1 amide bonds. The van der Waals surface area contributed by atoms with E-state index in [0.717, 1.165) is 5.56 Å². The summed E-state index contributed by atoms with van der Waals surface area (Å²) in [5, 5.41) is 3.65. The number of aromatic nitrogens is 1. The van der Waals surface area contributed by atoms with Crippen LogP contribution in [0.3, 0.4) is 0 Å². The first-order chi connectivity index (χ1) is 12.5. The Morgan fingerprint density at radius 1 is 1.00 bits per heavy atom. The van der Waals surface area contributed by atoms with E-state index in [-0.39, 0.29) is 5.48 Å².